The van der Waals surface area contributed by atoms with E-state index in [2.05, 4.69) is 15.5 Å². The molecular weight excluding hydrogens is 146 g/mol. The lowest BCUT2D eigenvalue weighted by atomic mass is 10.1. The zero-order chi connectivity index (χ0) is 7.03. The summed E-state index contributed by atoms with van der Waals surface area (Å²) in [6.07, 6.45) is 0.0621. The second kappa shape index (κ2) is 2.12. The minimum Gasteiger partial charge on any atom is -0.311 e. The van der Waals surface area contributed by atoms with Crippen LogP contribution >= 0.6 is 11.8 Å². The van der Waals surface area contributed by atoms with E-state index in [4.69, 9.17) is 6.57 Å². The summed E-state index contributed by atoms with van der Waals surface area (Å²) >= 11 is 1.88. The molecule has 0 aromatic heterocycles. The summed E-state index contributed by atoms with van der Waals surface area (Å²) in [6.45, 7) is 8.84. The van der Waals surface area contributed by atoms with Crippen molar-refractivity contribution in [2.24, 2.45) is 0 Å². The van der Waals surface area contributed by atoms with Crippen LogP contribution in [0.1, 0.15) is 0 Å². The van der Waals surface area contributed by atoms with Gasteiger partial charge in [0.25, 0.3) is 6.17 Å². The summed E-state index contributed by atoms with van der Waals surface area (Å²) in [5.74, 6) is 0.950. The van der Waals surface area contributed by atoms with Crippen LogP contribution in [0.15, 0.2) is 0 Å². The van der Waals surface area contributed by atoms with E-state index in [1.54, 1.807) is 0 Å². The molecule has 10 heavy (non-hydrogen) atoms. The summed E-state index contributed by atoms with van der Waals surface area (Å²) in [7, 11) is 0. The van der Waals surface area contributed by atoms with Crippen LogP contribution in [-0.4, -0.2) is 29.9 Å². The van der Waals surface area contributed by atoms with Gasteiger partial charge in [-0.2, -0.15) is 0 Å². The van der Waals surface area contributed by atoms with Crippen molar-refractivity contribution in [3.05, 3.63) is 11.4 Å². The molecular formula is C6H9N3S. The molecule has 0 radical (unpaired) electrons. The monoisotopic (exact) mass is 155 g/mol. The van der Waals surface area contributed by atoms with E-state index in [1.165, 1.54) is 0 Å². The standard InChI is InChI=1S/C6H9N3S/c1-7-5-2-10-6(9-5)3-8-4-6/h5,8-9H,2-4H2/t5-/m0/s1. The van der Waals surface area contributed by atoms with Gasteiger partial charge < -0.3 is 5.32 Å². The predicted molar refractivity (Wildman–Crippen MR) is 41.6 cm³/mol. The van der Waals surface area contributed by atoms with Crippen LogP contribution in [0.5, 0.6) is 0 Å². The Morgan fingerprint density at radius 1 is 1.60 bits per heavy atom. The van der Waals surface area contributed by atoms with E-state index in [-0.39, 0.29) is 11.0 Å². The third-order valence-corrected chi connectivity index (χ3v) is 3.37. The van der Waals surface area contributed by atoms with Gasteiger partial charge in [-0.25, -0.2) is 11.9 Å². The number of hydrogen-bond donors (Lipinski definition) is 2. The Morgan fingerprint density at radius 3 is 2.70 bits per heavy atom. The summed E-state index contributed by atoms with van der Waals surface area (Å²) in [5, 5.41) is 6.50. The van der Waals surface area contributed by atoms with Crippen molar-refractivity contribution in [2.45, 2.75) is 11.0 Å². The lowest BCUT2D eigenvalue weighted by Crippen LogP contribution is -2.63. The Morgan fingerprint density at radius 2 is 2.40 bits per heavy atom. The van der Waals surface area contributed by atoms with Gasteiger partial charge in [-0.1, -0.05) is 0 Å². The Kier molecular flexibility index (Phi) is 1.37. The minimum atomic E-state index is 0.0621. The highest BCUT2D eigenvalue weighted by molar-refractivity contribution is 8.01. The fourth-order valence-electron chi connectivity index (χ4n) is 1.25. The molecule has 4 heteroatoms. The third-order valence-electron chi connectivity index (χ3n) is 1.92. The van der Waals surface area contributed by atoms with Crippen LogP contribution in [-0.2, 0) is 0 Å². The van der Waals surface area contributed by atoms with Gasteiger partial charge in [-0.3, -0.25) is 4.85 Å². The predicted octanol–water partition coefficient (Wildman–Crippen LogP) is -0.132. The SMILES string of the molecule is [C-]#[N+][C@@H]1CSC2(CNC2)N1. The molecule has 1 spiro atoms. The maximum absolute atomic E-state index is 6.80. The first-order chi connectivity index (χ1) is 4.85. The van der Waals surface area contributed by atoms with Crippen LogP contribution < -0.4 is 10.6 Å². The highest BCUT2D eigenvalue weighted by Crippen LogP contribution is 2.33. The van der Waals surface area contributed by atoms with Crippen molar-refractivity contribution in [3.8, 4) is 0 Å². The van der Waals surface area contributed by atoms with Gasteiger partial charge in [-0.05, 0) is 0 Å². The zero-order valence-corrected chi connectivity index (χ0v) is 6.37. The van der Waals surface area contributed by atoms with E-state index in [1.807, 2.05) is 11.8 Å². The molecule has 2 rings (SSSR count). The molecule has 2 saturated heterocycles. The minimum absolute atomic E-state index is 0.0621. The van der Waals surface area contributed by atoms with Gasteiger partial charge in [-0.15, -0.1) is 11.8 Å². The van der Waals surface area contributed by atoms with Crippen molar-refractivity contribution >= 4 is 11.8 Å². The van der Waals surface area contributed by atoms with Gasteiger partial charge in [0, 0.05) is 13.1 Å². The van der Waals surface area contributed by atoms with E-state index >= 15 is 0 Å². The highest BCUT2D eigenvalue weighted by Gasteiger charge is 2.46. The highest BCUT2D eigenvalue weighted by atomic mass is 32.2. The van der Waals surface area contributed by atoms with Crippen molar-refractivity contribution in [1.29, 1.82) is 0 Å². The molecule has 2 aliphatic rings. The van der Waals surface area contributed by atoms with Crippen LogP contribution in [0.3, 0.4) is 0 Å². The largest absolute Gasteiger partial charge is 0.311 e. The van der Waals surface area contributed by atoms with Crippen LogP contribution in [0.4, 0.5) is 0 Å². The fraction of sp³-hybridized carbons (Fsp3) is 0.833. The van der Waals surface area contributed by atoms with Gasteiger partial charge >= 0.3 is 0 Å². The molecule has 1 atom stereocenters. The van der Waals surface area contributed by atoms with Gasteiger partial charge in [0.15, 0.2) is 0 Å². The van der Waals surface area contributed by atoms with Crippen molar-refractivity contribution < 1.29 is 0 Å². The number of nitrogens with one attached hydrogen (secondary N) is 2. The molecule has 2 aliphatic heterocycles. The number of hydrogen-bond acceptors (Lipinski definition) is 3. The third kappa shape index (κ3) is 0.823. The van der Waals surface area contributed by atoms with Gasteiger partial charge in [0.2, 0.25) is 0 Å². The average molecular weight is 155 g/mol. The zero-order valence-electron chi connectivity index (χ0n) is 5.55. The van der Waals surface area contributed by atoms with E-state index in [9.17, 15) is 0 Å². The Bertz CT molecular complexity index is 182. The number of thioether (sulfide) groups is 1. The first-order valence-electron chi connectivity index (χ1n) is 3.34. The molecule has 0 bridgehead atoms. The summed E-state index contributed by atoms with van der Waals surface area (Å²) in [5.41, 5.74) is 0. The molecule has 54 valence electrons. The molecule has 0 aromatic rings. The Labute approximate surface area is 64.4 Å². The smallest absolute Gasteiger partial charge is 0.287 e. The van der Waals surface area contributed by atoms with Crippen LogP contribution in [0.2, 0.25) is 0 Å². The molecule has 2 fully saturated rings. The van der Waals surface area contributed by atoms with Gasteiger partial charge in [0.1, 0.15) is 0 Å². The maximum atomic E-state index is 6.80. The summed E-state index contributed by atoms with van der Waals surface area (Å²) < 4.78 is 0. The molecule has 0 aliphatic carbocycles. The quantitative estimate of drug-likeness (QED) is 0.477. The Balaban J connectivity index is 2.00. The van der Waals surface area contributed by atoms with E-state index < -0.39 is 0 Å². The summed E-state index contributed by atoms with van der Waals surface area (Å²) in [6, 6.07) is 0. The molecule has 3 nitrogen and oxygen atoms in total. The molecule has 0 amide bonds. The first kappa shape index (κ1) is 6.47. The second-order valence-electron chi connectivity index (χ2n) is 2.70. The number of rotatable bonds is 0. The van der Waals surface area contributed by atoms with E-state index in [0.717, 1.165) is 18.8 Å². The average Bonchev–Trinajstić information content (AvgIpc) is 2.29. The molecule has 0 aromatic carbocycles. The Hall–Kier alpha value is -0.240. The summed E-state index contributed by atoms with van der Waals surface area (Å²) in [4.78, 5) is 3.69. The molecule has 0 unspecified atom stereocenters. The van der Waals surface area contributed by atoms with Crippen molar-refractivity contribution in [3.63, 3.8) is 0 Å². The number of nitrogens with zero attached hydrogens (tertiary/aromatic N) is 1. The van der Waals surface area contributed by atoms with Crippen molar-refractivity contribution in [1.82, 2.24) is 10.6 Å². The normalized spacial score (nSPS) is 35.3. The topological polar surface area (TPSA) is 28.4 Å². The lowest BCUT2D eigenvalue weighted by Gasteiger charge is -2.37. The lowest BCUT2D eigenvalue weighted by molar-refractivity contribution is 0.332. The van der Waals surface area contributed by atoms with Crippen molar-refractivity contribution in [2.75, 3.05) is 18.8 Å². The maximum Gasteiger partial charge on any atom is 0.287 e. The first-order valence-corrected chi connectivity index (χ1v) is 4.32. The molecule has 2 heterocycles. The van der Waals surface area contributed by atoms with Crippen LogP contribution in [0.25, 0.3) is 4.85 Å². The molecule has 0 saturated carbocycles. The van der Waals surface area contributed by atoms with E-state index in [0.29, 0.717) is 0 Å². The molecule has 2 N–H and O–H groups in total. The van der Waals surface area contributed by atoms with Crippen LogP contribution in [0, 0.1) is 6.57 Å². The second-order valence-corrected chi connectivity index (χ2v) is 4.10. The fourth-order valence-corrected chi connectivity index (χ4v) is 2.51. The van der Waals surface area contributed by atoms with Gasteiger partial charge in [0.05, 0.1) is 10.6 Å².